The summed E-state index contributed by atoms with van der Waals surface area (Å²) in [6.45, 7) is 1.62. The first kappa shape index (κ1) is 16.3. The Morgan fingerprint density at radius 2 is 1.96 bits per heavy atom. The number of piperidine rings is 1. The van der Waals surface area contributed by atoms with Crippen LogP contribution in [-0.2, 0) is 11.3 Å². The van der Waals surface area contributed by atoms with Gasteiger partial charge in [-0.2, -0.15) is 0 Å². The Hall–Kier alpha value is -2.14. The summed E-state index contributed by atoms with van der Waals surface area (Å²) in [6.07, 6.45) is 2.91. The molecule has 2 aliphatic rings. The zero-order valence-electron chi connectivity index (χ0n) is 14.9. The van der Waals surface area contributed by atoms with Gasteiger partial charge in [0.05, 0.1) is 0 Å². The Bertz CT molecular complexity index is 859. The summed E-state index contributed by atoms with van der Waals surface area (Å²) in [7, 11) is 4.04. The summed E-state index contributed by atoms with van der Waals surface area (Å²) in [5.74, 6) is 1.42. The van der Waals surface area contributed by atoms with Crippen LogP contribution in [0.2, 0.25) is 0 Å². The largest absolute Gasteiger partial charge is 0.357 e. The van der Waals surface area contributed by atoms with Crippen molar-refractivity contribution < 1.29 is 4.79 Å². The van der Waals surface area contributed by atoms with Crippen LogP contribution in [0.3, 0.4) is 0 Å². The molecule has 1 aromatic heterocycles. The molecule has 1 saturated heterocycles. The van der Waals surface area contributed by atoms with Gasteiger partial charge >= 0.3 is 0 Å². The second kappa shape index (κ2) is 6.30. The fraction of sp³-hybridized carbons (Fsp3) is 0.500. The Morgan fingerprint density at radius 3 is 2.80 bits per heavy atom. The van der Waals surface area contributed by atoms with Crippen LogP contribution < -0.4 is 5.43 Å². The Kier molecular flexibility index (Phi) is 4.12. The van der Waals surface area contributed by atoms with Crippen molar-refractivity contribution in [3.8, 4) is 0 Å². The predicted octanol–water partition coefficient (Wildman–Crippen LogP) is 2.22. The SMILES string of the molecule is CN1C[C@@H]2C[C@H](N(C)Cc3cc(=O)c4ccccc4[nH]3)C[C@@H]2CC1=O. The predicted molar refractivity (Wildman–Crippen MR) is 98.3 cm³/mol. The summed E-state index contributed by atoms with van der Waals surface area (Å²) in [5.41, 5.74) is 1.92. The molecule has 0 bridgehead atoms. The van der Waals surface area contributed by atoms with E-state index in [1.54, 1.807) is 6.07 Å². The molecule has 5 heteroatoms. The molecule has 1 aromatic carbocycles. The third-order valence-electron chi connectivity index (χ3n) is 6.02. The number of pyridine rings is 1. The molecule has 4 rings (SSSR count). The van der Waals surface area contributed by atoms with Crippen LogP contribution in [0, 0.1) is 11.8 Å². The van der Waals surface area contributed by atoms with Gasteiger partial charge in [-0.3, -0.25) is 14.5 Å². The molecular formula is C20H25N3O2. The highest BCUT2D eigenvalue weighted by molar-refractivity contribution is 5.78. The van der Waals surface area contributed by atoms with Crippen molar-refractivity contribution in [2.75, 3.05) is 20.6 Å². The smallest absolute Gasteiger partial charge is 0.222 e. The zero-order chi connectivity index (χ0) is 17.6. The number of aromatic amines is 1. The number of likely N-dealkylation sites (tertiary alicyclic amines) is 1. The summed E-state index contributed by atoms with van der Waals surface area (Å²) in [4.78, 5) is 31.8. The molecule has 3 atom stereocenters. The van der Waals surface area contributed by atoms with E-state index >= 15 is 0 Å². The average Bonchev–Trinajstić information content (AvgIpc) is 2.98. The number of fused-ring (bicyclic) bond motifs is 2. The normalized spacial score (nSPS) is 26.4. The van der Waals surface area contributed by atoms with E-state index in [4.69, 9.17) is 0 Å². The minimum atomic E-state index is 0.0741. The molecular weight excluding hydrogens is 314 g/mol. The lowest BCUT2D eigenvalue weighted by atomic mass is 9.88. The fourth-order valence-electron chi connectivity index (χ4n) is 4.58. The number of H-pyrrole nitrogens is 1. The van der Waals surface area contributed by atoms with Crippen molar-refractivity contribution >= 4 is 16.8 Å². The van der Waals surface area contributed by atoms with Gasteiger partial charge in [0, 0.05) is 55.3 Å². The number of carbonyl (C=O) groups excluding carboxylic acids is 1. The molecule has 1 N–H and O–H groups in total. The molecule has 132 valence electrons. The van der Waals surface area contributed by atoms with Gasteiger partial charge in [-0.25, -0.2) is 0 Å². The number of hydrogen-bond donors (Lipinski definition) is 1. The van der Waals surface area contributed by atoms with Gasteiger partial charge in [0.15, 0.2) is 5.43 Å². The topological polar surface area (TPSA) is 56.4 Å². The molecule has 0 radical (unpaired) electrons. The second-order valence-corrected chi connectivity index (χ2v) is 7.74. The fourth-order valence-corrected chi connectivity index (χ4v) is 4.58. The van der Waals surface area contributed by atoms with Gasteiger partial charge in [0.2, 0.25) is 5.91 Å². The van der Waals surface area contributed by atoms with E-state index in [9.17, 15) is 9.59 Å². The number of nitrogens with one attached hydrogen (secondary N) is 1. The van der Waals surface area contributed by atoms with Crippen molar-refractivity contribution in [2.24, 2.45) is 11.8 Å². The molecule has 2 fully saturated rings. The Labute approximate surface area is 147 Å². The first-order chi connectivity index (χ1) is 12.0. The molecule has 1 saturated carbocycles. The summed E-state index contributed by atoms with van der Waals surface area (Å²) >= 11 is 0. The molecule has 5 nitrogen and oxygen atoms in total. The van der Waals surface area contributed by atoms with E-state index in [1.807, 2.05) is 36.2 Å². The maximum absolute atomic E-state index is 12.3. The van der Waals surface area contributed by atoms with Gasteiger partial charge in [-0.1, -0.05) is 12.1 Å². The molecule has 0 spiro atoms. The first-order valence-corrected chi connectivity index (χ1v) is 9.06. The monoisotopic (exact) mass is 339 g/mol. The molecule has 1 aliphatic carbocycles. The minimum Gasteiger partial charge on any atom is -0.357 e. The Balaban J connectivity index is 1.48. The number of carbonyl (C=O) groups is 1. The van der Waals surface area contributed by atoms with Crippen LogP contribution in [0.1, 0.15) is 25.0 Å². The van der Waals surface area contributed by atoms with Gasteiger partial charge in [0.1, 0.15) is 0 Å². The molecule has 0 unspecified atom stereocenters. The number of amides is 1. The maximum atomic E-state index is 12.3. The minimum absolute atomic E-state index is 0.0741. The number of para-hydroxylation sites is 1. The summed E-state index contributed by atoms with van der Waals surface area (Å²) in [6, 6.07) is 9.84. The van der Waals surface area contributed by atoms with E-state index in [0.29, 0.717) is 24.3 Å². The van der Waals surface area contributed by atoms with E-state index < -0.39 is 0 Å². The standard InChI is InChI=1S/C20H25N3O2/c1-22(16-7-13-9-20(25)23(2)11-14(13)8-16)12-15-10-19(24)17-5-3-4-6-18(17)21-15/h3-6,10,13-14,16H,7-9,11-12H2,1-2H3,(H,21,24)/t13-,14+,16-/m1/s1. The van der Waals surface area contributed by atoms with Crippen molar-refractivity contribution in [1.29, 1.82) is 0 Å². The molecule has 2 heterocycles. The second-order valence-electron chi connectivity index (χ2n) is 7.74. The highest BCUT2D eigenvalue weighted by atomic mass is 16.2. The van der Waals surface area contributed by atoms with Crippen LogP contribution in [0.25, 0.3) is 10.9 Å². The van der Waals surface area contributed by atoms with Crippen molar-refractivity contribution in [2.45, 2.75) is 31.8 Å². The van der Waals surface area contributed by atoms with E-state index in [2.05, 4.69) is 16.9 Å². The number of nitrogens with zero attached hydrogens (tertiary/aromatic N) is 2. The van der Waals surface area contributed by atoms with Gasteiger partial charge in [-0.15, -0.1) is 0 Å². The van der Waals surface area contributed by atoms with Crippen LogP contribution in [0.15, 0.2) is 35.1 Å². The van der Waals surface area contributed by atoms with E-state index in [1.165, 1.54) is 0 Å². The first-order valence-electron chi connectivity index (χ1n) is 9.06. The molecule has 25 heavy (non-hydrogen) atoms. The molecule has 1 aliphatic heterocycles. The lowest BCUT2D eigenvalue weighted by Gasteiger charge is -2.31. The number of hydrogen-bond acceptors (Lipinski definition) is 3. The quantitative estimate of drug-likeness (QED) is 0.933. The van der Waals surface area contributed by atoms with Gasteiger partial charge in [0.25, 0.3) is 0 Å². The highest BCUT2D eigenvalue weighted by Crippen LogP contribution is 2.40. The maximum Gasteiger partial charge on any atom is 0.222 e. The lowest BCUT2D eigenvalue weighted by Crippen LogP contribution is -2.39. The number of rotatable bonds is 3. The summed E-state index contributed by atoms with van der Waals surface area (Å²) in [5, 5.41) is 0.738. The molecule has 2 aromatic rings. The average molecular weight is 339 g/mol. The number of benzene rings is 1. The summed E-state index contributed by atoms with van der Waals surface area (Å²) < 4.78 is 0. The van der Waals surface area contributed by atoms with Crippen molar-refractivity contribution in [1.82, 2.24) is 14.8 Å². The van der Waals surface area contributed by atoms with E-state index in [-0.39, 0.29) is 11.3 Å². The van der Waals surface area contributed by atoms with Crippen LogP contribution in [-0.4, -0.2) is 47.4 Å². The molecule has 1 amide bonds. The van der Waals surface area contributed by atoms with Crippen molar-refractivity contribution in [3.05, 3.63) is 46.2 Å². The highest BCUT2D eigenvalue weighted by Gasteiger charge is 2.41. The van der Waals surface area contributed by atoms with Crippen LogP contribution >= 0.6 is 0 Å². The zero-order valence-corrected chi connectivity index (χ0v) is 14.9. The van der Waals surface area contributed by atoms with Gasteiger partial charge < -0.3 is 9.88 Å². The Morgan fingerprint density at radius 1 is 1.20 bits per heavy atom. The van der Waals surface area contributed by atoms with Crippen molar-refractivity contribution in [3.63, 3.8) is 0 Å². The lowest BCUT2D eigenvalue weighted by molar-refractivity contribution is -0.134. The third-order valence-corrected chi connectivity index (χ3v) is 6.02. The van der Waals surface area contributed by atoms with Crippen LogP contribution in [0.4, 0.5) is 0 Å². The number of aromatic nitrogens is 1. The van der Waals surface area contributed by atoms with Gasteiger partial charge in [-0.05, 0) is 43.9 Å². The third kappa shape index (κ3) is 3.09. The van der Waals surface area contributed by atoms with Crippen LogP contribution in [0.5, 0.6) is 0 Å². The van der Waals surface area contributed by atoms with E-state index in [0.717, 1.165) is 42.5 Å².